The summed E-state index contributed by atoms with van der Waals surface area (Å²) >= 11 is 0. The van der Waals surface area contributed by atoms with Crippen molar-refractivity contribution in [2.45, 2.75) is 46.1 Å². The molecule has 0 amide bonds. The molecule has 0 aliphatic heterocycles. The van der Waals surface area contributed by atoms with E-state index in [1.807, 2.05) is 36.5 Å². The third-order valence-electron chi connectivity index (χ3n) is 3.71. The Morgan fingerprint density at radius 1 is 1.16 bits per heavy atom. The van der Waals surface area contributed by atoms with Crippen LogP contribution in [0, 0.1) is 5.41 Å². The van der Waals surface area contributed by atoms with Crippen LogP contribution >= 0.6 is 0 Å². The third-order valence-corrected chi connectivity index (χ3v) is 3.71. The molecule has 19 heavy (non-hydrogen) atoms. The van der Waals surface area contributed by atoms with Gasteiger partial charge >= 0.3 is 0 Å². The lowest BCUT2D eigenvalue weighted by Crippen LogP contribution is -2.27. The number of hydrogen-bond donors (Lipinski definition) is 1. The second-order valence-electron chi connectivity index (χ2n) is 5.77. The summed E-state index contributed by atoms with van der Waals surface area (Å²) in [6, 6.07) is 0. The van der Waals surface area contributed by atoms with E-state index in [-0.39, 0.29) is 5.41 Å². The maximum absolute atomic E-state index is 10.4. The molecule has 1 aliphatic rings. The first-order chi connectivity index (χ1) is 8.99. The van der Waals surface area contributed by atoms with E-state index in [2.05, 4.69) is 27.4 Å². The lowest BCUT2D eigenvalue weighted by molar-refractivity contribution is 0.207. The van der Waals surface area contributed by atoms with Gasteiger partial charge in [0.25, 0.3) is 0 Å². The number of aliphatic hydroxyl groups is 1. The van der Waals surface area contributed by atoms with E-state index in [4.69, 9.17) is 0 Å². The molecule has 0 radical (unpaired) electrons. The van der Waals surface area contributed by atoms with Crippen LogP contribution in [0.2, 0.25) is 0 Å². The summed E-state index contributed by atoms with van der Waals surface area (Å²) in [5, 5.41) is 10.4. The molecule has 1 unspecified atom stereocenters. The van der Waals surface area contributed by atoms with Crippen LogP contribution in [0.3, 0.4) is 0 Å². The molecule has 1 atom stereocenters. The van der Waals surface area contributed by atoms with Crippen molar-refractivity contribution in [2.24, 2.45) is 5.41 Å². The highest BCUT2D eigenvalue weighted by atomic mass is 16.3. The minimum absolute atomic E-state index is 0.110. The number of hydrogen-bond acceptors (Lipinski definition) is 1. The Kier molecular flexibility index (Phi) is 6.04. The van der Waals surface area contributed by atoms with Crippen LogP contribution in [0.1, 0.15) is 40.0 Å². The van der Waals surface area contributed by atoms with E-state index in [0.29, 0.717) is 0 Å². The smallest absolute Gasteiger partial charge is 0.0942 e. The fraction of sp³-hybridized carbons (Fsp3) is 0.444. The molecule has 1 heteroatoms. The molecule has 0 spiro atoms. The van der Waals surface area contributed by atoms with Crippen LogP contribution in [0.15, 0.2) is 60.3 Å². The molecule has 1 N–H and O–H groups in total. The Morgan fingerprint density at radius 2 is 1.79 bits per heavy atom. The van der Waals surface area contributed by atoms with Gasteiger partial charge in [-0.3, -0.25) is 0 Å². The topological polar surface area (TPSA) is 20.2 Å². The second-order valence-corrected chi connectivity index (χ2v) is 5.77. The van der Waals surface area contributed by atoms with Crippen LogP contribution in [0.25, 0.3) is 0 Å². The van der Waals surface area contributed by atoms with Crippen molar-refractivity contribution >= 4 is 0 Å². The van der Waals surface area contributed by atoms with Gasteiger partial charge in [0.2, 0.25) is 0 Å². The summed E-state index contributed by atoms with van der Waals surface area (Å²) in [4.78, 5) is 0. The van der Waals surface area contributed by atoms with Gasteiger partial charge in [-0.05, 0) is 37.2 Å². The minimum Gasteiger partial charge on any atom is -0.385 e. The quantitative estimate of drug-likeness (QED) is 0.558. The monoisotopic (exact) mass is 258 g/mol. The zero-order valence-corrected chi connectivity index (χ0v) is 12.4. The van der Waals surface area contributed by atoms with E-state index in [1.54, 1.807) is 6.08 Å². The maximum atomic E-state index is 10.4. The minimum atomic E-state index is -0.469. The molecular weight excluding hydrogens is 232 g/mol. The number of allylic oxidation sites excluding steroid dienone is 7. The van der Waals surface area contributed by atoms with Gasteiger partial charge in [-0.25, -0.2) is 0 Å². The van der Waals surface area contributed by atoms with Crippen molar-refractivity contribution in [3.05, 3.63) is 60.3 Å². The fourth-order valence-electron chi connectivity index (χ4n) is 2.83. The molecule has 0 aromatic heterocycles. The first-order valence-corrected chi connectivity index (χ1v) is 7.00. The molecule has 0 fully saturated rings. The Bertz CT molecular complexity index is 419. The molecule has 1 nitrogen and oxygen atoms in total. The summed E-state index contributed by atoms with van der Waals surface area (Å²) in [7, 11) is 0. The van der Waals surface area contributed by atoms with E-state index in [0.717, 1.165) is 12.8 Å². The summed E-state index contributed by atoms with van der Waals surface area (Å²) in [5.74, 6) is 0. The fourth-order valence-corrected chi connectivity index (χ4v) is 2.83. The molecule has 0 saturated heterocycles. The molecule has 0 heterocycles. The first-order valence-electron chi connectivity index (χ1n) is 7.00. The molecule has 1 aliphatic carbocycles. The van der Waals surface area contributed by atoms with E-state index in [1.165, 1.54) is 17.6 Å². The predicted octanol–water partition coefficient (Wildman–Crippen LogP) is 4.73. The van der Waals surface area contributed by atoms with Gasteiger partial charge in [-0.1, -0.05) is 68.5 Å². The number of rotatable bonds is 5. The normalized spacial score (nSPS) is 21.7. The van der Waals surface area contributed by atoms with Crippen LogP contribution in [-0.4, -0.2) is 11.2 Å². The molecular formula is C18H26O. The molecule has 1 rings (SSSR count). The Morgan fingerprint density at radius 3 is 2.42 bits per heavy atom. The molecule has 0 saturated carbocycles. The van der Waals surface area contributed by atoms with Crippen LogP contribution in [-0.2, 0) is 0 Å². The van der Waals surface area contributed by atoms with Gasteiger partial charge in [0.05, 0.1) is 6.10 Å². The van der Waals surface area contributed by atoms with E-state index in [9.17, 15) is 5.11 Å². The van der Waals surface area contributed by atoms with Gasteiger partial charge in [0.15, 0.2) is 0 Å². The zero-order valence-electron chi connectivity index (χ0n) is 12.4. The van der Waals surface area contributed by atoms with Crippen LogP contribution < -0.4 is 0 Å². The first kappa shape index (κ1) is 15.7. The van der Waals surface area contributed by atoms with Gasteiger partial charge in [-0.15, -0.1) is 0 Å². The van der Waals surface area contributed by atoms with Crippen molar-refractivity contribution in [2.75, 3.05) is 0 Å². The largest absolute Gasteiger partial charge is 0.385 e. The van der Waals surface area contributed by atoms with Crippen molar-refractivity contribution in [3.63, 3.8) is 0 Å². The standard InChI is InChI=1S/C18H26O/c1-5-6-7-8-9-10-13-16(19)17-15(2)12-11-14-18(17,3)4/h5-10,13,16,19H,1,11-12,14H2,2-4H3. The molecule has 0 aromatic rings. The highest BCUT2D eigenvalue weighted by Crippen LogP contribution is 2.41. The SMILES string of the molecule is C=CC=CC=CC=CC(O)C1=C(C)CCCC1(C)C. The summed E-state index contributed by atoms with van der Waals surface area (Å²) in [6.45, 7) is 10.2. The van der Waals surface area contributed by atoms with Gasteiger partial charge in [0, 0.05) is 0 Å². The van der Waals surface area contributed by atoms with E-state index < -0.39 is 6.10 Å². The Hall–Kier alpha value is -1.34. The molecule has 104 valence electrons. The van der Waals surface area contributed by atoms with Gasteiger partial charge in [-0.2, -0.15) is 0 Å². The van der Waals surface area contributed by atoms with Crippen molar-refractivity contribution in [1.82, 2.24) is 0 Å². The average Bonchev–Trinajstić information content (AvgIpc) is 2.32. The molecule has 0 bridgehead atoms. The van der Waals surface area contributed by atoms with Crippen molar-refractivity contribution < 1.29 is 5.11 Å². The lowest BCUT2D eigenvalue weighted by atomic mass is 9.70. The second kappa shape index (κ2) is 7.30. The van der Waals surface area contributed by atoms with Crippen LogP contribution in [0.5, 0.6) is 0 Å². The number of aliphatic hydroxyl groups excluding tert-OH is 1. The van der Waals surface area contributed by atoms with E-state index >= 15 is 0 Å². The molecule has 0 aromatic carbocycles. The zero-order chi connectivity index (χ0) is 14.3. The Balaban J connectivity index is 2.74. The lowest BCUT2D eigenvalue weighted by Gasteiger charge is -2.36. The Labute approximate surface area is 117 Å². The highest BCUT2D eigenvalue weighted by Gasteiger charge is 2.31. The summed E-state index contributed by atoms with van der Waals surface area (Å²) in [6.07, 6.45) is 16.2. The maximum Gasteiger partial charge on any atom is 0.0942 e. The summed E-state index contributed by atoms with van der Waals surface area (Å²) < 4.78 is 0. The highest BCUT2D eigenvalue weighted by molar-refractivity contribution is 5.30. The van der Waals surface area contributed by atoms with Gasteiger partial charge < -0.3 is 5.11 Å². The van der Waals surface area contributed by atoms with Crippen molar-refractivity contribution in [1.29, 1.82) is 0 Å². The van der Waals surface area contributed by atoms with Gasteiger partial charge in [0.1, 0.15) is 0 Å². The third kappa shape index (κ3) is 4.68. The van der Waals surface area contributed by atoms with Crippen molar-refractivity contribution in [3.8, 4) is 0 Å². The summed E-state index contributed by atoms with van der Waals surface area (Å²) in [5.41, 5.74) is 2.66. The predicted molar refractivity (Wildman–Crippen MR) is 84.0 cm³/mol. The average molecular weight is 258 g/mol. The van der Waals surface area contributed by atoms with Crippen LogP contribution in [0.4, 0.5) is 0 Å².